The van der Waals surface area contributed by atoms with Crippen molar-refractivity contribution in [3.05, 3.63) is 35.9 Å². The first kappa shape index (κ1) is 81.0. The number of anilines is 2. The molecule has 31 nitrogen and oxygen atoms in total. The van der Waals surface area contributed by atoms with Crippen molar-refractivity contribution in [1.82, 2.24) is 64.9 Å². The van der Waals surface area contributed by atoms with Gasteiger partial charge in [0.1, 0.15) is 16.8 Å². The van der Waals surface area contributed by atoms with Crippen molar-refractivity contribution in [2.45, 2.75) is 152 Å². The molecule has 5 fully saturated rings. The van der Waals surface area contributed by atoms with E-state index >= 15 is 0 Å². The van der Waals surface area contributed by atoms with Gasteiger partial charge in [-0.1, -0.05) is 20.8 Å². The third kappa shape index (κ3) is 33.0. The van der Waals surface area contributed by atoms with Crippen LogP contribution in [0.4, 0.5) is 26.3 Å². The highest BCUT2D eigenvalue weighted by Gasteiger charge is 2.33. The van der Waals surface area contributed by atoms with Gasteiger partial charge in [0.2, 0.25) is 29.6 Å². The number of carbonyl (C=O) groups excluding carboxylic acids is 8. The van der Waals surface area contributed by atoms with E-state index < -0.39 is 53.0 Å². The Kier molecular flexibility index (Phi) is 35.1. The van der Waals surface area contributed by atoms with E-state index in [4.69, 9.17) is 28.8 Å². The summed E-state index contributed by atoms with van der Waals surface area (Å²) >= 11 is 0. The summed E-state index contributed by atoms with van der Waals surface area (Å²) in [4.78, 5) is 140. The monoisotopic (exact) mass is 1360 g/mol. The van der Waals surface area contributed by atoms with Crippen LogP contribution in [0.15, 0.2) is 24.8 Å². The average molecular weight is 1360 g/mol. The van der Waals surface area contributed by atoms with Gasteiger partial charge in [-0.25, -0.2) is 39.2 Å². The number of amides is 6. The number of carboxylic acid groups (broad SMARTS) is 1. The first-order valence-corrected chi connectivity index (χ1v) is 33.6. The fourth-order valence-electron chi connectivity index (χ4n) is 9.87. The summed E-state index contributed by atoms with van der Waals surface area (Å²) in [5.41, 5.74) is -0.802. The van der Waals surface area contributed by atoms with Crippen molar-refractivity contribution in [3.8, 4) is 0 Å². The average Bonchev–Trinajstić information content (AvgIpc) is 1.14. The Morgan fingerprint density at radius 2 is 0.906 bits per heavy atom. The van der Waals surface area contributed by atoms with Crippen molar-refractivity contribution in [3.63, 3.8) is 0 Å². The van der Waals surface area contributed by atoms with Gasteiger partial charge in [-0.05, 0) is 81.9 Å². The van der Waals surface area contributed by atoms with Crippen LogP contribution >= 0.6 is 0 Å². The SMILES string of the molecule is CC(C)(C)OC(=O)N(Cc1cnc(N2CCN(C(=O)CCOCCN3CCNCC3)CC2)nc1)C(=O)OC(C)(C)C.CC(C)(C)OC(=O)NCc1cnc(N2CCN(C(=O)CCOCCN3CCN(C(=O)CCC(=O)O)CC3)CC2)nc1.CCN(CC)CC.O=C1CCC(=O)O1. The summed E-state index contributed by atoms with van der Waals surface area (Å²) in [5, 5.41) is 14.7. The van der Waals surface area contributed by atoms with Gasteiger partial charge in [-0.2, -0.15) is 0 Å². The Morgan fingerprint density at radius 1 is 0.521 bits per heavy atom. The number of nitrogens with zero attached hydrogens (tertiary/aromatic N) is 13. The number of rotatable bonds is 24. The first-order chi connectivity index (χ1) is 45.4. The Morgan fingerprint density at radius 3 is 1.27 bits per heavy atom. The first-order valence-electron chi connectivity index (χ1n) is 33.6. The minimum Gasteiger partial charge on any atom is -0.481 e. The maximum atomic E-state index is 12.8. The number of alkyl carbamates (subject to hydrolysis) is 1. The number of hydrogen-bond acceptors (Lipinski definition) is 25. The van der Waals surface area contributed by atoms with Crippen LogP contribution in [0, 0.1) is 0 Å². The number of carboxylic acids is 1. The third-order valence-corrected chi connectivity index (χ3v) is 15.2. The van der Waals surface area contributed by atoms with Gasteiger partial charge in [0.15, 0.2) is 0 Å². The molecule has 0 radical (unpaired) electrons. The smallest absolute Gasteiger partial charge is 0.420 e. The van der Waals surface area contributed by atoms with Crippen LogP contribution in [-0.2, 0) is 70.3 Å². The van der Waals surface area contributed by atoms with E-state index in [1.165, 1.54) is 19.6 Å². The van der Waals surface area contributed by atoms with Gasteiger partial charge in [0.05, 0.1) is 65.1 Å². The molecule has 2 aromatic heterocycles. The number of carbonyl (C=O) groups is 9. The van der Waals surface area contributed by atoms with Crippen LogP contribution in [0.3, 0.4) is 0 Å². The highest BCUT2D eigenvalue weighted by molar-refractivity contribution is 5.92. The zero-order chi connectivity index (χ0) is 70.8. The number of esters is 2. The Balaban J connectivity index is 0.000000339. The number of aliphatic carboxylic acids is 1. The highest BCUT2D eigenvalue weighted by atomic mass is 16.6. The van der Waals surface area contributed by atoms with Crippen LogP contribution in [0.1, 0.15) is 133 Å². The summed E-state index contributed by atoms with van der Waals surface area (Å²) in [5.74, 6) is -0.605. The molecule has 3 N–H and O–H groups in total. The van der Waals surface area contributed by atoms with E-state index in [9.17, 15) is 43.2 Å². The minimum atomic E-state index is -0.959. The van der Waals surface area contributed by atoms with E-state index in [0.29, 0.717) is 122 Å². The highest BCUT2D eigenvalue weighted by Crippen LogP contribution is 2.20. The number of piperazine rings is 4. The molecule has 5 aliphatic rings. The molecule has 0 saturated carbocycles. The van der Waals surface area contributed by atoms with E-state index in [-0.39, 0.29) is 56.5 Å². The van der Waals surface area contributed by atoms with E-state index in [1.807, 2.05) is 19.6 Å². The predicted octanol–water partition coefficient (Wildman–Crippen LogP) is 3.87. The van der Waals surface area contributed by atoms with E-state index in [2.05, 4.69) is 70.8 Å². The summed E-state index contributed by atoms with van der Waals surface area (Å²) in [6.07, 6.45) is 5.54. The van der Waals surface area contributed by atoms with Gasteiger partial charge in [0, 0.05) is 167 Å². The largest absolute Gasteiger partial charge is 0.481 e. The quantitative estimate of drug-likeness (QED) is 0.0581. The van der Waals surface area contributed by atoms with Gasteiger partial charge in [0.25, 0.3) is 0 Å². The lowest BCUT2D eigenvalue weighted by Gasteiger charge is -2.35. The third-order valence-electron chi connectivity index (χ3n) is 15.2. The van der Waals surface area contributed by atoms with E-state index in [1.54, 1.807) is 92.0 Å². The fourth-order valence-corrected chi connectivity index (χ4v) is 9.87. The second-order valence-electron chi connectivity index (χ2n) is 26.3. The maximum Gasteiger partial charge on any atom is 0.420 e. The standard InChI is InChI=1S/C28H47N7O6.C27H43N7O7.C6H15N.C4H4O3/c1-27(2,3)40-25(37)35(26(38)41-28(4,5)6)21-22-19-30-24(31-20-22)34-14-12-33(13-15-34)23(36)7-17-39-18-16-32-10-8-29-9-11-32;1-27(2,3)41-26(39)30-20-21-18-28-25(29-19-21)34-13-11-33(12-14-34)23(36)6-16-40-17-15-31-7-9-32(10-8-31)22(35)4-5-24(37)38;1-4-7(5-2)6-3;5-3-1-2-4(6)7-3/h19-20,29H,7-18,21H2,1-6H3;18-19H,4-17,20H2,1-3H3,(H,30,39)(H,37,38);4-6H2,1-3H3;1-2H2. The molecule has 0 spiro atoms. The summed E-state index contributed by atoms with van der Waals surface area (Å²) in [7, 11) is 0. The van der Waals surface area contributed by atoms with E-state index in [0.717, 1.165) is 62.8 Å². The Hall–Kier alpha value is -7.45. The molecule has 31 heteroatoms. The molecule has 96 heavy (non-hydrogen) atoms. The van der Waals surface area contributed by atoms with Crippen molar-refractivity contribution in [1.29, 1.82) is 0 Å². The topological polar surface area (TPSA) is 334 Å². The van der Waals surface area contributed by atoms with Crippen LogP contribution < -0.4 is 20.4 Å². The normalized spacial score (nSPS) is 16.4. The minimum absolute atomic E-state index is 0.0407. The molecule has 0 bridgehead atoms. The van der Waals surface area contributed by atoms with Crippen LogP contribution in [0.5, 0.6) is 0 Å². The molecule has 7 heterocycles. The van der Waals surface area contributed by atoms with Gasteiger partial charge < -0.3 is 73.6 Å². The second kappa shape index (κ2) is 41.6. The molecule has 0 unspecified atom stereocenters. The summed E-state index contributed by atoms with van der Waals surface area (Å²) in [6, 6.07) is 0. The molecule has 2 aromatic rings. The van der Waals surface area contributed by atoms with Crippen molar-refractivity contribution in [2.24, 2.45) is 0 Å². The molecule has 540 valence electrons. The van der Waals surface area contributed by atoms with Crippen LogP contribution in [0.25, 0.3) is 0 Å². The summed E-state index contributed by atoms with van der Waals surface area (Å²) in [6.45, 7) is 41.2. The number of ether oxygens (including phenoxy) is 6. The Labute approximate surface area is 566 Å². The van der Waals surface area contributed by atoms with Gasteiger partial charge in [-0.15, -0.1) is 0 Å². The maximum absolute atomic E-state index is 12.8. The second-order valence-corrected chi connectivity index (χ2v) is 26.3. The lowest BCUT2D eigenvalue weighted by atomic mass is 10.2. The van der Waals surface area contributed by atoms with Crippen LogP contribution in [-0.4, -0.2) is 294 Å². The molecular formula is C65H109N15O16. The predicted molar refractivity (Wildman–Crippen MR) is 357 cm³/mol. The molecule has 0 aromatic carbocycles. The number of imide groups is 1. The molecule has 0 atom stereocenters. The van der Waals surface area contributed by atoms with Gasteiger partial charge in [-0.3, -0.25) is 38.6 Å². The number of nitrogens with one attached hydrogen (secondary N) is 2. The lowest BCUT2D eigenvalue weighted by molar-refractivity contribution is -0.152. The summed E-state index contributed by atoms with van der Waals surface area (Å²) < 4.78 is 31.5. The fraction of sp³-hybridized carbons (Fsp3) is 0.738. The molecule has 0 aliphatic carbocycles. The van der Waals surface area contributed by atoms with Crippen LogP contribution in [0.2, 0.25) is 0 Å². The van der Waals surface area contributed by atoms with Gasteiger partial charge >= 0.3 is 36.2 Å². The van der Waals surface area contributed by atoms with Crippen molar-refractivity contribution >= 4 is 65.8 Å². The Bertz CT molecular complexity index is 2670. The zero-order valence-corrected chi connectivity index (χ0v) is 59.0. The number of cyclic esters (lactones) is 2. The zero-order valence-electron chi connectivity index (χ0n) is 59.0. The lowest BCUT2D eigenvalue weighted by Crippen LogP contribution is -2.49. The number of aromatic nitrogens is 4. The van der Waals surface area contributed by atoms with Crippen molar-refractivity contribution < 1.29 is 76.7 Å². The van der Waals surface area contributed by atoms with Crippen molar-refractivity contribution in [2.75, 3.05) is 174 Å². The molecule has 6 amide bonds. The molecule has 5 saturated heterocycles. The number of hydrogen-bond donors (Lipinski definition) is 3. The molecule has 5 aliphatic heterocycles. The molecular weight excluding hydrogens is 1250 g/mol. The molecule has 7 rings (SSSR count).